The van der Waals surface area contributed by atoms with Crippen LogP contribution in [0.2, 0.25) is 0 Å². The maximum atomic E-state index is 11.8. The quantitative estimate of drug-likeness (QED) is 0.507. The lowest BCUT2D eigenvalue weighted by molar-refractivity contribution is 0.0958. The number of nitrogens with one attached hydrogen (secondary N) is 2. The molecule has 2 fully saturated rings. The van der Waals surface area contributed by atoms with Crippen LogP contribution in [0.3, 0.4) is 0 Å². The molecular formula is C22H25N5O2S2. The summed E-state index contributed by atoms with van der Waals surface area (Å²) in [5.41, 5.74) is 1.28. The molecule has 2 aliphatic rings. The first-order chi connectivity index (χ1) is 15.2. The van der Waals surface area contributed by atoms with Crippen molar-refractivity contribution < 1.29 is 9.53 Å². The molecule has 1 aliphatic heterocycles. The van der Waals surface area contributed by atoms with Gasteiger partial charge in [-0.05, 0) is 43.9 Å². The van der Waals surface area contributed by atoms with Gasteiger partial charge in [0, 0.05) is 49.8 Å². The number of thiazole rings is 1. The number of rotatable bonds is 7. The summed E-state index contributed by atoms with van der Waals surface area (Å²) in [7, 11) is 1.58. The molecule has 162 valence electrons. The lowest BCUT2D eigenvalue weighted by Gasteiger charge is -2.32. The van der Waals surface area contributed by atoms with Gasteiger partial charge in [0.1, 0.15) is 17.2 Å². The molecule has 2 aromatic heterocycles. The predicted octanol–water partition coefficient (Wildman–Crippen LogP) is 4.53. The molecule has 0 radical (unpaired) electrons. The van der Waals surface area contributed by atoms with Crippen LogP contribution in [0.4, 0.5) is 5.13 Å². The maximum absolute atomic E-state index is 11.8. The smallest absolute Gasteiger partial charge is 0.269 e. The van der Waals surface area contributed by atoms with Gasteiger partial charge in [-0.3, -0.25) is 9.78 Å². The molecule has 31 heavy (non-hydrogen) atoms. The van der Waals surface area contributed by atoms with Gasteiger partial charge in [-0.25, -0.2) is 9.29 Å². The summed E-state index contributed by atoms with van der Waals surface area (Å²) in [6, 6.07) is 9.69. The summed E-state index contributed by atoms with van der Waals surface area (Å²) in [4.78, 5) is 20.6. The number of piperidine rings is 1. The molecule has 1 atom stereocenters. The Morgan fingerprint density at radius 2 is 2.10 bits per heavy atom. The topological polar surface area (TPSA) is 79.4 Å². The van der Waals surface area contributed by atoms with Gasteiger partial charge in [-0.2, -0.15) is 0 Å². The number of carbonyl (C=O) groups is 1. The molecule has 0 spiro atoms. The lowest BCUT2D eigenvalue weighted by atomic mass is 10.1. The second kappa shape index (κ2) is 9.02. The SMILES string of the molecule is CNC(=O)c1cc(Oc2ccc3nc(N[C@H]4CCCN(SC5CC5)C4)sc3c2)ccn1. The molecule has 3 aromatic rings. The summed E-state index contributed by atoms with van der Waals surface area (Å²) in [5, 5.41) is 8.03. The summed E-state index contributed by atoms with van der Waals surface area (Å²) in [5.74, 6) is 1.04. The highest BCUT2D eigenvalue weighted by atomic mass is 32.2. The molecule has 7 nitrogen and oxygen atoms in total. The van der Waals surface area contributed by atoms with Gasteiger partial charge in [0.25, 0.3) is 5.91 Å². The van der Waals surface area contributed by atoms with Gasteiger partial charge in [-0.15, -0.1) is 0 Å². The Morgan fingerprint density at radius 1 is 1.23 bits per heavy atom. The van der Waals surface area contributed by atoms with E-state index in [0.717, 1.165) is 27.1 Å². The highest BCUT2D eigenvalue weighted by Gasteiger charge is 2.28. The molecule has 3 heterocycles. The molecule has 1 aliphatic carbocycles. The number of hydrogen-bond acceptors (Lipinski definition) is 8. The largest absolute Gasteiger partial charge is 0.457 e. The number of pyridine rings is 1. The first-order valence-corrected chi connectivity index (χ1v) is 12.3. The molecular weight excluding hydrogens is 430 g/mol. The van der Waals surface area contributed by atoms with E-state index in [1.54, 1.807) is 36.7 Å². The number of ether oxygens (including phenoxy) is 1. The van der Waals surface area contributed by atoms with Crippen LogP contribution in [0.15, 0.2) is 36.5 Å². The molecule has 1 saturated carbocycles. The van der Waals surface area contributed by atoms with Crippen LogP contribution in [-0.4, -0.2) is 51.6 Å². The number of aromatic nitrogens is 2. The fraction of sp³-hybridized carbons (Fsp3) is 0.409. The highest BCUT2D eigenvalue weighted by Crippen LogP contribution is 2.38. The van der Waals surface area contributed by atoms with Crippen LogP contribution in [0.1, 0.15) is 36.2 Å². The maximum Gasteiger partial charge on any atom is 0.269 e. The van der Waals surface area contributed by atoms with Crippen LogP contribution in [0.25, 0.3) is 10.2 Å². The number of benzene rings is 1. The van der Waals surface area contributed by atoms with E-state index in [1.165, 1.54) is 32.2 Å². The number of anilines is 1. The normalized spacial score (nSPS) is 19.3. The van der Waals surface area contributed by atoms with Gasteiger partial charge in [0.2, 0.25) is 0 Å². The number of fused-ring (bicyclic) bond motifs is 1. The zero-order valence-corrected chi connectivity index (χ0v) is 19.0. The van der Waals surface area contributed by atoms with Crippen molar-refractivity contribution in [2.45, 2.75) is 37.0 Å². The number of carbonyl (C=O) groups excluding carboxylic acids is 1. The van der Waals surface area contributed by atoms with Crippen LogP contribution in [-0.2, 0) is 0 Å². The zero-order chi connectivity index (χ0) is 21.2. The predicted molar refractivity (Wildman–Crippen MR) is 126 cm³/mol. The second-order valence-corrected chi connectivity index (χ2v) is 10.3. The standard InChI is InChI=1S/C22H25N5O2S2/c1-23-21(28)19-11-16(8-9-24-19)29-15-4-7-18-20(12-15)30-22(26-18)25-14-3-2-10-27(13-14)31-17-5-6-17/h4,7-9,11-12,14,17H,2-3,5-6,10,13H2,1H3,(H,23,28)(H,25,26)/t14-/m0/s1. The van der Waals surface area contributed by atoms with Crippen molar-refractivity contribution >= 4 is 44.5 Å². The average molecular weight is 456 g/mol. The Hall–Kier alpha value is -2.36. The van der Waals surface area contributed by atoms with E-state index in [1.807, 2.05) is 30.1 Å². The molecule has 9 heteroatoms. The van der Waals surface area contributed by atoms with Crippen LogP contribution >= 0.6 is 23.3 Å². The molecule has 1 aromatic carbocycles. The average Bonchev–Trinajstić information content (AvgIpc) is 3.50. The third-order valence-electron chi connectivity index (χ3n) is 5.32. The summed E-state index contributed by atoms with van der Waals surface area (Å²) < 4.78 is 9.56. The van der Waals surface area contributed by atoms with Gasteiger partial charge in [0.05, 0.1) is 10.2 Å². The number of hydrogen-bond donors (Lipinski definition) is 2. The molecule has 1 amide bonds. The fourth-order valence-electron chi connectivity index (χ4n) is 3.61. The number of amides is 1. The van der Waals surface area contributed by atoms with Crippen LogP contribution < -0.4 is 15.4 Å². The van der Waals surface area contributed by atoms with Crippen molar-refractivity contribution in [3.05, 3.63) is 42.2 Å². The van der Waals surface area contributed by atoms with Crippen molar-refractivity contribution in [2.24, 2.45) is 0 Å². The van der Waals surface area contributed by atoms with Crippen molar-refractivity contribution in [3.8, 4) is 11.5 Å². The van der Waals surface area contributed by atoms with Crippen molar-refractivity contribution in [3.63, 3.8) is 0 Å². The van der Waals surface area contributed by atoms with Crippen molar-refractivity contribution in [2.75, 3.05) is 25.5 Å². The third kappa shape index (κ3) is 5.11. The first kappa shape index (κ1) is 20.5. The van der Waals surface area contributed by atoms with E-state index in [2.05, 4.69) is 19.9 Å². The van der Waals surface area contributed by atoms with Gasteiger partial charge < -0.3 is 15.4 Å². The van der Waals surface area contributed by atoms with E-state index < -0.39 is 0 Å². The van der Waals surface area contributed by atoms with Gasteiger partial charge in [-0.1, -0.05) is 23.3 Å². The Bertz CT molecular complexity index is 1080. The Kier molecular flexibility index (Phi) is 5.97. The molecule has 0 unspecified atom stereocenters. The Labute approximate surface area is 189 Å². The zero-order valence-electron chi connectivity index (χ0n) is 17.3. The van der Waals surface area contributed by atoms with Gasteiger partial charge in [0.15, 0.2) is 5.13 Å². The van der Waals surface area contributed by atoms with E-state index in [-0.39, 0.29) is 5.91 Å². The third-order valence-corrected chi connectivity index (χ3v) is 7.67. The van der Waals surface area contributed by atoms with Crippen LogP contribution in [0, 0.1) is 0 Å². The Balaban J connectivity index is 1.26. The molecule has 5 rings (SSSR count). The van der Waals surface area contributed by atoms with Crippen molar-refractivity contribution in [1.29, 1.82) is 0 Å². The van der Waals surface area contributed by atoms with E-state index >= 15 is 0 Å². The number of nitrogens with zero attached hydrogens (tertiary/aromatic N) is 3. The molecule has 0 bridgehead atoms. The first-order valence-electron chi connectivity index (χ1n) is 10.6. The minimum Gasteiger partial charge on any atom is -0.457 e. The second-order valence-electron chi connectivity index (χ2n) is 7.88. The van der Waals surface area contributed by atoms with E-state index in [0.29, 0.717) is 23.2 Å². The summed E-state index contributed by atoms with van der Waals surface area (Å²) in [6.45, 7) is 2.26. The van der Waals surface area contributed by atoms with E-state index in [9.17, 15) is 4.79 Å². The molecule has 2 N–H and O–H groups in total. The minimum absolute atomic E-state index is 0.240. The summed E-state index contributed by atoms with van der Waals surface area (Å²) >= 11 is 3.69. The molecule has 1 saturated heterocycles. The van der Waals surface area contributed by atoms with Crippen molar-refractivity contribution in [1.82, 2.24) is 19.6 Å². The Morgan fingerprint density at radius 3 is 2.94 bits per heavy atom. The highest BCUT2D eigenvalue weighted by molar-refractivity contribution is 7.97. The van der Waals surface area contributed by atoms with Crippen LogP contribution in [0.5, 0.6) is 11.5 Å². The summed E-state index contributed by atoms with van der Waals surface area (Å²) in [6.07, 6.45) is 6.72. The van der Waals surface area contributed by atoms with E-state index in [4.69, 9.17) is 9.72 Å². The monoisotopic (exact) mass is 455 g/mol. The fourth-order valence-corrected chi connectivity index (χ4v) is 5.85. The minimum atomic E-state index is -0.240. The van der Waals surface area contributed by atoms with Gasteiger partial charge >= 0.3 is 0 Å². The lowest BCUT2D eigenvalue weighted by Crippen LogP contribution is -2.38.